The van der Waals surface area contributed by atoms with Crippen LogP contribution in [0.15, 0.2) is 82.8 Å². The second-order valence-electron chi connectivity index (χ2n) is 9.57. The summed E-state index contributed by atoms with van der Waals surface area (Å²) in [7, 11) is -0.919. The number of rotatable bonds is 12. The molecular weight excluding hydrogens is 633 g/mol. The van der Waals surface area contributed by atoms with Crippen molar-refractivity contribution in [2.24, 2.45) is 0 Å². The molecule has 4 aromatic rings. The zero-order valence-corrected chi connectivity index (χ0v) is 26.0. The molecule has 16 heteroatoms. The largest absolute Gasteiger partial charge is 0.494 e. The van der Waals surface area contributed by atoms with Crippen LogP contribution in [-0.2, 0) is 27.5 Å². The summed E-state index contributed by atoms with van der Waals surface area (Å²) in [4.78, 5) is 25.5. The molecule has 4 rings (SSSR count). The van der Waals surface area contributed by atoms with E-state index >= 15 is 0 Å². The van der Waals surface area contributed by atoms with Crippen LogP contribution in [0.4, 0.5) is 18.9 Å². The third-order valence-corrected chi connectivity index (χ3v) is 8.97. The number of anilines is 1. The number of nitrogens with zero attached hydrogens (tertiary/aromatic N) is 4. The van der Waals surface area contributed by atoms with Crippen molar-refractivity contribution in [3.8, 4) is 11.4 Å². The number of amides is 2. The average Bonchev–Trinajstić information content (AvgIpc) is 3.42. The number of halogens is 3. The minimum absolute atomic E-state index is 0.00145. The number of alkyl halides is 3. The Labute approximate surface area is 261 Å². The summed E-state index contributed by atoms with van der Waals surface area (Å²) in [5.41, 5.74) is -0.148. The molecular formula is C29H29F3N6O5S2. The van der Waals surface area contributed by atoms with Crippen molar-refractivity contribution >= 4 is 39.3 Å². The van der Waals surface area contributed by atoms with Gasteiger partial charge in [-0.25, -0.2) is 12.7 Å². The fraction of sp³-hybridized carbons (Fsp3) is 0.241. The molecule has 238 valence electrons. The predicted octanol–water partition coefficient (Wildman–Crippen LogP) is 4.60. The highest BCUT2D eigenvalue weighted by molar-refractivity contribution is 7.99. The molecule has 0 bridgehead atoms. The highest BCUT2D eigenvalue weighted by atomic mass is 32.2. The van der Waals surface area contributed by atoms with Gasteiger partial charge in [0.1, 0.15) is 5.75 Å². The molecule has 0 saturated carbocycles. The molecule has 0 aliphatic heterocycles. The number of aromatic nitrogens is 3. The van der Waals surface area contributed by atoms with E-state index in [2.05, 4.69) is 20.8 Å². The first-order valence-corrected chi connectivity index (χ1v) is 15.8. The second kappa shape index (κ2) is 14.1. The first-order valence-electron chi connectivity index (χ1n) is 13.4. The van der Waals surface area contributed by atoms with Gasteiger partial charge in [-0.1, -0.05) is 17.8 Å². The van der Waals surface area contributed by atoms with Gasteiger partial charge < -0.3 is 15.4 Å². The Morgan fingerprint density at radius 1 is 1.00 bits per heavy atom. The SMILES string of the molecule is CCOc1ccc(NC(=O)CSc2nnc(CNC(=O)c3ccc(S(=O)(=O)N(C)C)cc3)n2-c2cccc(C(F)(F)F)c2)cc1. The summed E-state index contributed by atoms with van der Waals surface area (Å²) in [6.07, 6.45) is -4.62. The number of ether oxygens (including phenoxy) is 1. The van der Waals surface area contributed by atoms with Crippen LogP contribution in [0.1, 0.15) is 28.7 Å². The van der Waals surface area contributed by atoms with E-state index in [1.54, 1.807) is 24.3 Å². The van der Waals surface area contributed by atoms with Gasteiger partial charge in [0.25, 0.3) is 5.91 Å². The Balaban J connectivity index is 1.53. The molecule has 2 N–H and O–H groups in total. The monoisotopic (exact) mass is 662 g/mol. The lowest BCUT2D eigenvalue weighted by Crippen LogP contribution is -2.25. The first kappa shape index (κ1) is 33.5. The second-order valence-corrected chi connectivity index (χ2v) is 12.7. The van der Waals surface area contributed by atoms with E-state index in [1.165, 1.54) is 55.1 Å². The Kier molecular flexibility index (Phi) is 10.5. The maximum atomic E-state index is 13.5. The molecule has 2 amide bonds. The number of carbonyl (C=O) groups is 2. The van der Waals surface area contributed by atoms with Crippen LogP contribution in [0.2, 0.25) is 0 Å². The average molecular weight is 663 g/mol. The summed E-state index contributed by atoms with van der Waals surface area (Å²) in [6, 6.07) is 16.5. The summed E-state index contributed by atoms with van der Waals surface area (Å²) in [5, 5.41) is 13.6. The molecule has 11 nitrogen and oxygen atoms in total. The van der Waals surface area contributed by atoms with Crippen molar-refractivity contribution in [1.29, 1.82) is 0 Å². The van der Waals surface area contributed by atoms with E-state index in [4.69, 9.17) is 4.74 Å². The van der Waals surface area contributed by atoms with Gasteiger partial charge in [0.15, 0.2) is 11.0 Å². The molecule has 0 saturated heterocycles. The first-order chi connectivity index (χ1) is 21.3. The minimum atomic E-state index is -4.62. The van der Waals surface area contributed by atoms with Crippen molar-refractivity contribution in [2.45, 2.75) is 29.7 Å². The predicted molar refractivity (Wildman–Crippen MR) is 162 cm³/mol. The lowest BCUT2D eigenvalue weighted by Gasteiger charge is -2.14. The molecule has 3 aromatic carbocycles. The zero-order chi connectivity index (χ0) is 32.8. The molecule has 0 atom stereocenters. The molecule has 45 heavy (non-hydrogen) atoms. The van der Waals surface area contributed by atoms with Crippen LogP contribution in [0.3, 0.4) is 0 Å². The van der Waals surface area contributed by atoms with E-state index in [9.17, 15) is 31.2 Å². The third kappa shape index (κ3) is 8.40. The van der Waals surface area contributed by atoms with Crippen molar-refractivity contribution in [2.75, 3.05) is 31.8 Å². The summed E-state index contributed by atoms with van der Waals surface area (Å²) in [6.45, 7) is 2.11. The van der Waals surface area contributed by atoms with Crippen LogP contribution in [0.5, 0.6) is 5.75 Å². The lowest BCUT2D eigenvalue weighted by molar-refractivity contribution is -0.137. The molecule has 0 aliphatic carbocycles. The number of nitrogens with one attached hydrogen (secondary N) is 2. The smallest absolute Gasteiger partial charge is 0.416 e. The van der Waals surface area contributed by atoms with Gasteiger partial charge in [-0.2, -0.15) is 13.2 Å². The minimum Gasteiger partial charge on any atom is -0.494 e. The van der Waals surface area contributed by atoms with Gasteiger partial charge in [0.05, 0.1) is 35.1 Å². The molecule has 1 aromatic heterocycles. The van der Waals surface area contributed by atoms with Gasteiger partial charge in [-0.15, -0.1) is 10.2 Å². The molecule has 0 unspecified atom stereocenters. The van der Waals surface area contributed by atoms with Crippen molar-refractivity contribution in [1.82, 2.24) is 24.4 Å². The van der Waals surface area contributed by atoms with Crippen molar-refractivity contribution in [3.63, 3.8) is 0 Å². The Hall–Kier alpha value is -4.41. The maximum Gasteiger partial charge on any atom is 0.416 e. The summed E-state index contributed by atoms with van der Waals surface area (Å²) >= 11 is 0.949. The quantitative estimate of drug-likeness (QED) is 0.210. The van der Waals surface area contributed by atoms with Crippen LogP contribution in [0, 0.1) is 0 Å². The van der Waals surface area contributed by atoms with E-state index < -0.39 is 33.6 Å². The van der Waals surface area contributed by atoms with Gasteiger partial charge in [0.2, 0.25) is 15.9 Å². The molecule has 1 heterocycles. The number of carbonyl (C=O) groups excluding carboxylic acids is 2. The molecule has 0 spiro atoms. The molecule has 0 fully saturated rings. The van der Waals surface area contributed by atoms with Crippen LogP contribution < -0.4 is 15.4 Å². The topological polar surface area (TPSA) is 136 Å². The normalized spacial score (nSPS) is 11.8. The van der Waals surface area contributed by atoms with E-state index in [0.717, 1.165) is 28.2 Å². The standard InChI is InChI=1S/C29H29F3N6O5S2/c1-4-43-23-12-10-21(11-13-23)34-26(39)18-44-28-36-35-25(38(28)22-7-5-6-20(16-22)29(30,31)32)17-33-27(40)19-8-14-24(15-9-19)45(41,42)37(2)3/h5-16H,4,17-18H2,1-3H3,(H,33,40)(H,34,39). The van der Waals surface area contributed by atoms with Crippen LogP contribution >= 0.6 is 11.8 Å². The number of thioether (sulfide) groups is 1. The van der Waals surface area contributed by atoms with Gasteiger partial charge in [-0.3, -0.25) is 14.2 Å². The van der Waals surface area contributed by atoms with Crippen LogP contribution in [0.25, 0.3) is 5.69 Å². The zero-order valence-electron chi connectivity index (χ0n) is 24.3. The van der Waals surface area contributed by atoms with E-state index in [-0.39, 0.29) is 39.4 Å². The number of hydrogen-bond acceptors (Lipinski definition) is 8. The van der Waals surface area contributed by atoms with Crippen LogP contribution in [-0.4, -0.2) is 65.8 Å². The van der Waals surface area contributed by atoms with Crippen molar-refractivity contribution < 1.29 is 35.9 Å². The Bertz CT molecular complexity index is 1760. The molecule has 0 aliphatic rings. The van der Waals surface area contributed by atoms with E-state index in [1.807, 2.05) is 6.92 Å². The summed E-state index contributed by atoms with van der Waals surface area (Å²) in [5.74, 6) is -0.362. The lowest BCUT2D eigenvalue weighted by atomic mass is 10.2. The van der Waals surface area contributed by atoms with E-state index in [0.29, 0.717) is 18.0 Å². The highest BCUT2D eigenvalue weighted by Gasteiger charge is 2.31. The highest BCUT2D eigenvalue weighted by Crippen LogP contribution is 2.32. The Morgan fingerprint density at radius 3 is 2.31 bits per heavy atom. The number of sulfonamides is 1. The maximum absolute atomic E-state index is 13.5. The fourth-order valence-corrected chi connectivity index (χ4v) is 5.64. The fourth-order valence-electron chi connectivity index (χ4n) is 3.97. The molecule has 0 radical (unpaired) electrons. The number of benzene rings is 3. The van der Waals surface area contributed by atoms with Gasteiger partial charge in [0, 0.05) is 25.3 Å². The number of hydrogen-bond donors (Lipinski definition) is 2. The Morgan fingerprint density at radius 2 is 1.69 bits per heavy atom. The van der Waals surface area contributed by atoms with Gasteiger partial charge in [-0.05, 0) is 73.7 Å². The summed E-state index contributed by atoms with van der Waals surface area (Å²) < 4.78 is 73.0. The van der Waals surface area contributed by atoms with Crippen molar-refractivity contribution in [3.05, 3.63) is 89.7 Å². The van der Waals surface area contributed by atoms with Gasteiger partial charge >= 0.3 is 6.18 Å². The third-order valence-electron chi connectivity index (χ3n) is 6.22.